The molecule has 1 aromatic carbocycles. The molecule has 3 nitrogen and oxygen atoms in total. The van der Waals surface area contributed by atoms with E-state index in [1.165, 1.54) is 12.1 Å². The molecule has 1 fully saturated rings. The van der Waals surface area contributed by atoms with Crippen LogP contribution in [0, 0.1) is 5.82 Å². The second kappa shape index (κ2) is 6.10. The van der Waals surface area contributed by atoms with Gasteiger partial charge in [-0.2, -0.15) is 0 Å². The molecule has 0 saturated carbocycles. The number of nitrogens with zero attached hydrogens (tertiary/aromatic N) is 1. The van der Waals surface area contributed by atoms with Gasteiger partial charge in [-0.3, -0.25) is 4.90 Å². The zero-order valence-corrected chi connectivity index (χ0v) is 10.2. The monoisotopic (exact) mass is 238 g/mol. The maximum Gasteiger partial charge on any atom is 0.123 e. The molecular formula is C13H19FN2O. The summed E-state index contributed by atoms with van der Waals surface area (Å²) in [6.45, 7) is 4.38. The summed E-state index contributed by atoms with van der Waals surface area (Å²) < 4.78 is 18.4. The minimum atomic E-state index is -0.177. The van der Waals surface area contributed by atoms with Crippen LogP contribution in [0.15, 0.2) is 24.3 Å². The molecule has 1 heterocycles. The van der Waals surface area contributed by atoms with E-state index in [0.29, 0.717) is 0 Å². The Morgan fingerprint density at radius 1 is 1.41 bits per heavy atom. The largest absolute Gasteiger partial charge is 0.374 e. The third-order valence-corrected chi connectivity index (χ3v) is 2.97. The molecule has 0 aliphatic carbocycles. The summed E-state index contributed by atoms with van der Waals surface area (Å²) in [5.41, 5.74) is 1.15. The normalized spacial score (nSPS) is 21.6. The molecule has 94 valence electrons. The highest BCUT2D eigenvalue weighted by atomic mass is 19.1. The summed E-state index contributed by atoms with van der Waals surface area (Å²) >= 11 is 0. The van der Waals surface area contributed by atoms with Gasteiger partial charge in [0.2, 0.25) is 0 Å². The van der Waals surface area contributed by atoms with Crippen molar-refractivity contribution >= 4 is 0 Å². The van der Waals surface area contributed by atoms with Crippen LogP contribution in [0.5, 0.6) is 0 Å². The summed E-state index contributed by atoms with van der Waals surface area (Å²) in [6.07, 6.45) is 0.259. The Morgan fingerprint density at radius 2 is 2.18 bits per heavy atom. The quantitative estimate of drug-likeness (QED) is 0.854. The summed E-state index contributed by atoms with van der Waals surface area (Å²) in [6, 6.07) is 6.72. The first-order valence-electron chi connectivity index (χ1n) is 6.01. The summed E-state index contributed by atoms with van der Waals surface area (Å²) in [4.78, 5) is 2.35. The number of rotatable bonds is 4. The van der Waals surface area contributed by atoms with Gasteiger partial charge < -0.3 is 10.1 Å². The van der Waals surface area contributed by atoms with Crippen LogP contribution in [0.25, 0.3) is 0 Å². The molecule has 1 aromatic rings. The standard InChI is InChI=1S/C13H19FN2O/c1-15-8-13-10-16(6-7-17-13)9-11-2-4-12(14)5-3-11/h2-5,13,15H,6-10H2,1H3. The van der Waals surface area contributed by atoms with Crippen molar-refractivity contribution in [1.29, 1.82) is 0 Å². The van der Waals surface area contributed by atoms with Gasteiger partial charge in [0.1, 0.15) is 5.82 Å². The van der Waals surface area contributed by atoms with Gasteiger partial charge in [0, 0.05) is 26.2 Å². The van der Waals surface area contributed by atoms with E-state index in [2.05, 4.69) is 10.2 Å². The van der Waals surface area contributed by atoms with E-state index in [1.54, 1.807) is 0 Å². The Balaban J connectivity index is 1.87. The minimum Gasteiger partial charge on any atom is -0.374 e. The topological polar surface area (TPSA) is 24.5 Å². The van der Waals surface area contributed by atoms with Crippen molar-refractivity contribution in [3.8, 4) is 0 Å². The van der Waals surface area contributed by atoms with E-state index < -0.39 is 0 Å². The number of hydrogen-bond donors (Lipinski definition) is 1. The molecule has 1 atom stereocenters. The highest BCUT2D eigenvalue weighted by Gasteiger charge is 2.19. The highest BCUT2D eigenvalue weighted by Crippen LogP contribution is 2.10. The second-order valence-corrected chi connectivity index (χ2v) is 4.41. The lowest BCUT2D eigenvalue weighted by Gasteiger charge is -2.32. The maximum atomic E-state index is 12.8. The Morgan fingerprint density at radius 3 is 2.88 bits per heavy atom. The van der Waals surface area contributed by atoms with Gasteiger partial charge in [0.25, 0.3) is 0 Å². The predicted octanol–water partition coefficient (Wildman–Crippen LogP) is 1.25. The predicted molar refractivity (Wildman–Crippen MR) is 65.3 cm³/mol. The lowest BCUT2D eigenvalue weighted by molar-refractivity contribution is -0.0291. The maximum absolute atomic E-state index is 12.8. The fourth-order valence-electron chi connectivity index (χ4n) is 2.12. The van der Waals surface area contributed by atoms with Crippen molar-refractivity contribution in [2.45, 2.75) is 12.6 Å². The van der Waals surface area contributed by atoms with Crippen LogP contribution in [0.2, 0.25) is 0 Å². The first-order chi connectivity index (χ1) is 8.28. The van der Waals surface area contributed by atoms with Gasteiger partial charge in [-0.25, -0.2) is 4.39 Å². The number of hydrogen-bond acceptors (Lipinski definition) is 3. The van der Waals surface area contributed by atoms with Gasteiger partial charge in [-0.15, -0.1) is 0 Å². The molecule has 1 saturated heterocycles. The Kier molecular flexibility index (Phi) is 4.48. The Hall–Kier alpha value is -0.970. The van der Waals surface area contributed by atoms with Crippen molar-refractivity contribution in [1.82, 2.24) is 10.2 Å². The fraction of sp³-hybridized carbons (Fsp3) is 0.538. The molecule has 2 rings (SSSR count). The molecule has 1 aliphatic heterocycles. The molecular weight excluding hydrogens is 219 g/mol. The number of nitrogens with one attached hydrogen (secondary N) is 1. The summed E-state index contributed by atoms with van der Waals surface area (Å²) in [5, 5.41) is 3.13. The Bertz CT molecular complexity index is 340. The van der Waals surface area contributed by atoms with Gasteiger partial charge >= 0.3 is 0 Å². The molecule has 0 aromatic heterocycles. The summed E-state index contributed by atoms with van der Waals surface area (Å²) in [5.74, 6) is -0.177. The van der Waals surface area contributed by atoms with Crippen LogP contribution in [0.4, 0.5) is 4.39 Å². The van der Waals surface area contributed by atoms with Crippen LogP contribution in [-0.2, 0) is 11.3 Å². The third kappa shape index (κ3) is 3.77. The van der Waals surface area contributed by atoms with Gasteiger partial charge in [-0.1, -0.05) is 12.1 Å². The van der Waals surface area contributed by atoms with Crippen LogP contribution in [-0.4, -0.2) is 44.3 Å². The number of likely N-dealkylation sites (N-methyl/N-ethyl adjacent to an activating group) is 1. The molecule has 17 heavy (non-hydrogen) atoms. The van der Waals surface area contributed by atoms with Crippen molar-refractivity contribution in [2.75, 3.05) is 33.3 Å². The number of ether oxygens (including phenoxy) is 1. The van der Waals surface area contributed by atoms with Crippen LogP contribution < -0.4 is 5.32 Å². The van der Waals surface area contributed by atoms with Crippen molar-refractivity contribution in [3.63, 3.8) is 0 Å². The van der Waals surface area contributed by atoms with E-state index in [4.69, 9.17) is 4.74 Å². The third-order valence-electron chi connectivity index (χ3n) is 2.97. The van der Waals surface area contributed by atoms with Crippen LogP contribution in [0.3, 0.4) is 0 Å². The molecule has 4 heteroatoms. The lowest BCUT2D eigenvalue weighted by atomic mass is 10.2. The van der Waals surface area contributed by atoms with Crippen molar-refractivity contribution in [3.05, 3.63) is 35.6 Å². The highest BCUT2D eigenvalue weighted by molar-refractivity contribution is 5.15. The SMILES string of the molecule is CNCC1CN(Cc2ccc(F)cc2)CCO1. The molecule has 0 bridgehead atoms. The van der Waals surface area contributed by atoms with Gasteiger partial charge in [0.05, 0.1) is 12.7 Å². The number of halogens is 1. The average molecular weight is 238 g/mol. The number of morpholine rings is 1. The minimum absolute atomic E-state index is 0.177. The zero-order chi connectivity index (χ0) is 12.1. The Labute approximate surface area is 102 Å². The lowest BCUT2D eigenvalue weighted by Crippen LogP contribution is -2.45. The van der Waals surface area contributed by atoms with Crippen LogP contribution >= 0.6 is 0 Å². The molecule has 0 amide bonds. The number of benzene rings is 1. The average Bonchev–Trinajstić information content (AvgIpc) is 2.33. The van der Waals surface area contributed by atoms with E-state index >= 15 is 0 Å². The fourth-order valence-corrected chi connectivity index (χ4v) is 2.12. The molecule has 1 aliphatic rings. The second-order valence-electron chi connectivity index (χ2n) is 4.41. The molecule has 0 radical (unpaired) electrons. The van der Waals surface area contributed by atoms with Crippen molar-refractivity contribution in [2.24, 2.45) is 0 Å². The molecule has 1 unspecified atom stereocenters. The summed E-state index contributed by atoms with van der Waals surface area (Å²) in [7, 11) is 1.93. The zero-order valence-electron chi connectivity index (χ0n) is 10.2. The van der Waals surface area contributed by atoms with Gasteiger partial charge in [-0.05, 0) is 24.7 Å². The van der Waals surface area contributed by atoms with E-state index in [0.717, 1.165) is 38.3 Å². The van der Waals surface area contributed by atoms with Crippen molar-refractivity contribution < 1.29 is 9.13 Å². The van der Waals surface area contributed by atoms with E-state index in [9.17, 15) is 4.39 Å². The first-order valence-corrected chi connectivity index (χ1v) is 6.01. The van der Waals surface area contributed by atoms with E-state index in [-0.39, 0.29) is 11.9 Å². The molecule has 1 N–H and O–H groups in total. The molecule has 0 spiro atoms. The smallest absolute Gasteiger partial charge is 0.123 e. The van der Waals surface area contributed by atoms with Crippen LogP contribution in [0.1, 0.15) is 5.56 Å². The van der Waals surface area contributed by atoms with E-state index in [1.807, 2.05) is 19.2 Å². The van der Waals surface area contributed by atoms with Gasteiger partial charge in [0.15, 0.2) is 0 Å². The first kappa shape index (κ1) is 12.5.